The molecule has 0 aliphatic carbocycles. The Labute approximate surface area is 147 Å². The molecule has 0 fully saturated rings. The van der Waals surface area contributed by atoms with Crippen molar-refractivity contribution in [3.05, 3.63) is 32.3 Å². The zero-order valence-corrected chi connectivity index (χ0v) is 15.3. The van der Waals surface area contributed by atoms with Gasteiger partial charge in [0.05, 0.1) is 5.52 Å². The maximum atomic E-state index is 12.8. The second-order valence-electron chi connectivity index (χ2n) is 6.24. The van der Waals surface area contributed by atoms with Gasteiger partial charge < -0.3 is 5.32 Å². The zero-order valence-electron chi connectivity index (χ0n) is 14.5. The third kappa shape index (κ3) is 3.11. The normalized spacial score (nSPS) is 11.7. The van der Waals surface area contributed by atoms with Crippen molar-refractivity contribution in [1.82, 2.24) is 24.1 Å². The van der Waals surface area contributed by atoms with Crippen LogP contribution in [0.2, 0.25) is 0 Å². The average Bonchev–Trinajstić information content (AvgIpc) is 3.12. The molecule has 3 rings (SSSR count). The number of amides is 1. The molecule has 0 saturated carbocycles. The first-order valence-corrected chi connectivity index (χ1v) is 9.21. The number of unbranched alkanes of at least 4 members (excludes halogenated alkanes) is 1. The van der Waals surface area contributed by atoms with Gasteiger partial charge in [0.15, 0.2) is 0 Å². The quantitative estimate of drug-likeness (QED) is 0.712. The summed E-state index contributed by atoms with van der Waals surface area (Å²) in [6.07, 6.45) is 1.73. The molecule has 0 spiro atoms. The lowest BCUT2D eigenvalue weighted by atomic mass is 10.3. The van der Waals surface area contributed by atoms with E-state index in [1.54, 1.807) is 11.4 Å². The highest BCUT2D eigenvalue weighted by Crippen LogP contribution is 2.17. The van der Waals surface area contributed by atoms with E-state index in [1.165, 1.54) is 20.3 Å². The van der Waals surface area contributed by atoms with Crippen LogP contribution in [0.15, 0.2) is 21.0 Å². The molecule has 1 N–H and O–H groups in total. The molecule has 3 aromatic rings. The van der Waals surface area contributed by atoms with Crippen LogP contribution in [-0.2, 0) is 17.9 Å². The van der Waals surface area contributed by atoms with Crippen LogP contribution in [0.3, 0.4) is 0 Å². The van der Waals surface area contributed by atoms with E-state index in [2.05, 4.69) is 10.4 Å². The van der Waals surface area contributed by atoms with Crippen LogP contribution in [-0.4, -0.2) is 30.7 Å². The summed E-state index contributed by atoms with van der Waals surface area (Å²) in [5, 5.41) is 8.80. The molecule has 0 aromatic carbocycles. The number of rotatable bonds is 6. The van der Waals surface area contributed by atoms with E-state index in [0.29, 0.717) is 16.8 Å². The highest BCUT2D eigenvalue weighted by Gasteiger charge is 2.19. The van der Waals surface area contributed by atoms with Crippen molar-refractivity contribution >= 4 is 33.2 Å². The molecule has 3 aromatic heterocycles. The van der Waals surface area contributed by atoms with Crippen LogP contribution in [0.4, 0.5) is 0 Å². The fourth-order valence-electron chi connectivity index (χ4n) is 2.76. The van der Waals surface area contributed by atoms with Gasteiger partial charge in [-0.1, -0.05) is 13.3 Å². The highest BCUT2D eigenvalue weighted by atomic mass is 32.1. The fraction of sp³-hybridized carbons (Fsp3) is 0.500. The molecule has 9 heteroatoms. The van der Waals surface area contributed by atoms with Crippen molar-refractivity contribution in [3.8, 4) is 0 Å². The third-order valence-corrected chi connectivity index (χ3v) is 4.76. The lowest BCUT2D eigenvalue weighted by Crippen LogP contribution is -2.36. The van der Waals surface area contributed by atoms with Crippen LogP contribution < -0.4 is 16.6 Å². The number of thiophene rings is 1. The largest absolute Gasteiger partial charge is 0.352 e. The minimum atomic E-state index is -0.414. The van der Waals surface area contributed by atoms with Gasteiger partial charge in [-0.15, -0.1) is 16.4 Å². The summed E-state index contributed by atoms with van der Waals surface area (Å²) >= 11 is 1.31. The smallest absolute Gasteiger partial charge is 0.352 e. The van der Waals surface area contributed by atoms with Gasteiger partial charge in [-0.2, -0.15) is 0 Å². The lowest BCUT2D eigenvalue weighted by Gasteiger charge is -2.07. The number of hydrogen-bond donors (Lipinski definition) is 1. The van der Waals surface area contributed by atoms with E-state index in [-0.39, 0.29) is 29.8 Å². The van der Waals surface area contributed by atoms with Gasteiger partial charge in [-0.05, 0) is 31.7 Å². The van der Waals surface area contributed by atoms with E-state index in [9.17, 15) is 14.4 Å². The van der Waals surface area contributed by atoms with Gasteiger partial charge in [0.25, 0.3) is 5.56 Å². The molecule has 0 radical (unpaired) electrons. The first-order valence-electron chi connectivity index (χ1n) is 8.33. The number of carbonyl (C=O) groups excluding carboxylic acids is 1. The summed E-state index contributed by atoms with van der Waals surface area (Å²) in [4.78, 5) is 37.5. The molecule has 3 heterocycles. The number of nitrogens with zero attached hydrogens (tertiary/aromatic N) is 4. The number of hydrogen-bond acceptors (Lipinski definition) is 5. The van der Waals surface area contributed by atoms with Gasteiger partial charge in [0.2, 0.25) is 11.7 Å². The molecule has 0 aliphatic heterocycles. The number of aromatic nitrogens is 4. The van der Waals surface area contributed by atoms with Crippen LogP contribution >= 0.6 is 11.3 Å². The Kier molecular flexibility index (Phi) is 4.76. The van der Waals surface area contributed by atoms with Crippen LogP contribution in [0.25, 0.3) is 16.0 Å². The predicted octanol–water partition coefficient (Wildman–Crippen LogP) is 1.20. The van der Waals surface area contributed by atoms with E-state index >= 15 is 0 Å². The minimum Gasteiger partial charge on any atom is -0.352 e. The Bertz CT molecular complexity index is 1040. The summed E-state index contributed by atoms with van der Waals surface area (Å²) in [6, 6.07) is 1.71. The van der Waals surface area contributed by atoms with Gasteiger partial charge in [0.1, 0.15) is 11.2 Å². The topological polar surface area (TPSA) is 90.4 Å². The Balaban J connectivity index is 2.20. The SMILES string of the molecule is CCCCn1c(=O)c2sccc2n2c(=O)n(CC(=O)NC(C)C)nc12. The highest BCUT2D eigenvalue weighted by molar-refractivity contribution is 7.17. The van der Waals surface area contributed by atoms with Crippen molar-refractivity contribution in [2.75, 3.05) is 0 Å². The first kappa shape index (κ1) is 17.4. The number of carbonyl (C=O) groups is 1. The summed E-state index contributed by atoms with van der Waals surface area (Å²) in [6.45, 7) is 6.05. The van der Waals surface area contributed by atoms with Gasteiger partial charge in [-0.25, -0.2) is 13.9 Å². The van der Waals surface area contributed by atoms with Crippen LogP contribution in [0.5, 0.6) is 0 Å². The predicted molar refractivity (Wildman–Crippen MR) is 97.3 cm³/mol. The van der Waals surface area contributed by atoms with Crippen molar-refractivity contribution in [2.45, 2.75) is 52.7 Å². The van der Waals surface area contributed by atoms with Crippen LogP contribution in [0, 0.1) is 0 Å². The van der Waals surface area contributed by atoms with Gasteiger partial charge >= 0.3 is 5.69 Å². The minimum absolute atomic E-state index is 0.0217. The standard InChI is InChI=1S/C16H21N5O3S/c1-4-5-7-19-14(23)13-11(6-8-25-13)21-15(19)18-20(16(21)24)9-12(22)17-10(2)3/h6,8,10H,4-5,7,9H2,1-3H3,(H,17,22). The second-order valence-corrected chi connectivity index (χ2v) is 7.16. The third-order valence-electron chi connectivity index (χ3n) is 3.87. The molecule has 0 unspecified atom stereocenters. The molecule has 0 saturated heterocycles. The van der Waals surface area contributed by atoms with Gasteiger partial charge in [0, 0.05) is 12.6 Å². The fourth-order valence-corrected chi connectivity index (χ4v) is 3.58. The average molecular weight is 363 g/mol. The lowest BCUT2D eigenvalue weighted by molar-refractivity contribution is -0.122. The molecule has 0 aliphatic rings. The molecule has 25 heavy (non-hydrogen) atoms. The summed E-state index contributed by atoms with van der Waals surface area (Å²) in [7, 11) is 0. The molecule has 8 nitrogen and oxygen atoms in total. The Hall–Kier alpha value is -2.42. The maximum absolute atomic E-state index is 12.8. The Morgan fingerprint density at radius 1 is 1.36 bits per heavy atom. The first-order chi connectivity index (χ1) is 11.9. The molecular weight excluding hydrogens is 342 g/mol. The van der Waals surface area contributed by atoms with Gasteiger partial charge in [-0.3, -0.25) is 14.2 Å². The molecule has 0 atom stereocenters. The second kappa shape index (κ2) is 6.83. The van der Waals surface area contributed by atoms with Crippen molar-refractivity contribution < 1.29 is 4.79 Å². The number of fused-ring (bicyclic) bond motifs is 3. The zero-order chi connectivity index (χ0) is 18.1. The Morgan fingerprint density at radius 3 is 2.80 bits per heavy atom. The summed E-state index contributed by atoms with van der Waals surface area (Å²) < 4.78 is 4.59. The van der Waals surface area contributed by atoms with E-state index < -0.39 is 5.69 Å². The van der Waals surface area contributed by atoms with E-state index in [1.807, 2.05) is 20.8 Å². The number of aryl methyl sites for hydroxylation is 1. The monoisotopic (exact) mass is 363 g/mol. The summed E-state index contributed by atoms with van der Waals surface area (Å²) in [5.74, 6) is -0.00350. The van der Waals surface area contributed by atoms with Crippen molar-refractivity contribution in [1.29, 1.82) is 0 Å². The van der Waals surface area contributed by atoms with Crippen molar-refractivity contribution in [3.63, 3.8) is 0 Å². The maximum Gasteiger partial charge on any atom is 0.352 e. The van der Waals surface area contributed by atoms with E-state index in [0.717, 1.165) is 17.5 Å². The van der Waals surface area contributed by atoms with Crippen LogP contribution in [0.1, 0.15) is 33.6 Å². The molecule has 0 bridgehead atoms. The van der Waals surface area contributed by atoms with E-state index in [4.69, 9.17) is 0 Å². The molecule has 134 valence electrons. The number of nitrogens with one attached hydrogen (secondary N) is 1. The molecule has 1 amide bonds. The molecular formula is C16H21N5O3S. The van der Waals surface area contributed by atoms with Crippen molar-refractivity contribution in [2.24, 2.45) is 0 Å². The Morgan fingerprint density at radius 2 is 2.12 bits per heavy atom. The summed E-state index contributed by atoms with van der Waals surface area (Å²) in [5.41, 5.74) is -0.0180.